The molecule has 27 heavy (non-hydrogen) atoms. The highest BCUT2D eigenvalue weighted by atomic mass is 16.3. The third-order valence-corrected chi connectivity index (χ3v) is 4.58. The first-order valence-electron chi connectivity index (χ1n) is 9.27. The fraction of sp³-hybridized carbons (Fsp3) is 0.500. The number of carbonyl (C=O) groups excluding carboxylic acids is 1. The first-order valence-corrected chi connectivity index (χ1v) is 9.27. The van der Waals surface area contributed by atoms with Crippen molar-refractivity contribution in [1.29, 1.82) is 0 Å². The van der Waals surface area contributed by atoms with E-state index in [9.17, 15) is 9.90 Å². The van der Waals surface area contributed by atoms with E-state index in [2.05, 4.69) is 10.3 Å². The molecule has 144 valence electrons. The van der Waals surface area contributed by atoms with Crippen LogP contribution in [0.1, 0.15) is 38.4 Å². The SMILES string of the molecule is CN(c1nc(-c2ccccn2)nc2c1CCC2)[C@@H](CO)C(=O)NC(C)(C)C. The molecular formula is C20H27N5O2. The summed E-state index contributed by atoms with van der Waals surface area (Å²) in [4.78, 5) is 28.2. The molecule has 1 aliphatic carbocycles. The highest BCUT2D eigenvalue weighted by Crippen LogP contribution is 2.31. The minimum atomic E-state index is -0.722. The Bertz CT molecular complexity index is 817. The summed E-state index contributed by atoms with van der Waals surface area (Å²) in [6.45, 7) is 5.46. The van der Waals surface area contributed by atoms with Crippen LogP contribution in [0.5, 0.6) is 0 Å². The van der Waals surface area contributed by atoms with E-state index in [1.54, 1.807) is 18.1 Å². The number of pyridine rings is 1. The molecule has 3 rings (SSSR count). The molecule has 2 N–H and O–H groups in total. The molecule has 1 atom stereocenters. The third kappa shape index (κ3) is 4.24. The van der Waals surface area contributed by atoms with Gasteiger partial charge in [-0.1, -0.05) is 6.07 Å². The monoisotopic (exact) mass is 369 g/mol. The molecule has 0 spiro atoms. The molecule has 7 nitrogen and oxygen atoms in total. The predicted octanol–water partition coefficient (Wildman–Crippen LogP) is 1.74. The van der Waals surface area contributed by atoms with E-state index in [-0.39, 0.29) is 18.1 Å². The van der Waals surface area contributed by atoms with Crippen LogP contribution in [0.25, 0.3) is 11.5 Å². The molecule has 0 fully saturated rings. The summed E-state index contributed by atoms with van der Waals surface area (Å²) in [7, 11) is 1.80. The Labute approximate surface area is 159 Å². The van der Waals surface area contributed by atoms with Gasteiger partial charge in [0.1, 0.15) is 17.6 Å². The zero-order valence-electron chi connectivity index (χ0n) is 16.4. The number of amides is 1. The first-order chi connectivity index (χ1) is 12.8. The zero-order valence-corrected chi connectivity index (χ0v) is 16.4. The van der Waals surface area contributed by atoms with Crippen LogP contribution < -0.4 is 10.2 Å². The average molecular weight is 369 g/mol. The van der Waals surface area contributed by atoms with Crippen molar-refractivity contribution in [1.82, 2.24) is 20.3 Å². The maximum atomic E-state index is 12.7. The van der Waals surface area contributed by atoms with E-state index in [0.717, 1.165) is 30.5 Å². The minimum Gasteiger partial charge on any atom is -0.394 e. The van der Waals surface area contributed by atoms with Crippen LogP contribution >= 0.6 is 0 Å². The number of hydrogen-bond donors (Lipinski definition) is 2. The molecule has 1 aliphatic rings. The van der Waals surface area contributed by atoms with Crippen LogP contribution in [-0.2, 0) is 17.6 Å². The largest absolute Gasteiger partial charge is 0.394 e. The van der Waals surface area contributed by atoms with Crippen molar-refractivity contribution >= 4 is 11.7 Å². The lowest BCUT2D eigenvalue weighted by Crippen LogP contribution is -2.53. The molecule has 0 aliphatic heterocycles. The van der Waals surface area contributed by atoms with Gasteiger partial charge in [0.2, 0.25) is 5.91 Å². The van der Waals surface area contributed by atoms with E-state index >= 15 is 0 Å². The molecule has 0 bridgehead atoms. The number of nitrogens with zero attached hydrogens (tertiary/aromatic N) is 4. The van der Waals surface area contributed by atoms with Crippen LogP contribution in [0.15, 0.2) is 24.4 Å². The molecule has 1 amide bonds. The molecule has 2 aromatic heterocycles. The number of aromatic nitrogens is 3. The highest BCUT2D eigenvalue weighted by molar-refractivity contribution is 5.86. The standard InChI is InChI=1S/C20H27N5O2/c1-20(2,3)24-19(27)16(12-26)25(4)18-13-8-7-10-14(13)22-17(23-18)15-9-5-6-11-21-15/h5-6,9,11,16,26H,7-8,10,12H2,1-4H3,(H,24,27)/t16-/m0/s1. The highest BCUT2D eigenvalue weighted by Gasteiger charge is 2.30. The van der Waals surface area contributed by atoms with Crippen molar-refractivity contribution in [2.24, 2.45) is 0 Å². The van der Waals surface area contributed by atoms with Crippen LogP contribution in [0.4, 0.5) is 5.82 Å². The lowest BCUT2D eigenvalue weighted by Gasteiger charge is -2.31. The van der Waals surface area contributed by atoms with Crippen molar-refractivity contribution in [2.75, 3.05) is 18.6 Å². The normalized spacial score (nSPS) is 14.6. The second-order valence-electron chi connectivity index (χ2n) is 7.91. The van der Waals surface area contributed by atoms with Gasteiger partial charge in [0, 0.05) is 30.0 Å². The molecule has 0 unspecified atom stereocenters. The summed E-state index contributed by atoms with van der Waals surface area (Å²) >= 11 is 0. The number of rotatable bonds is 5. The van der Waals surface area contributed by atoms with Crippen molar-refractivity contribution < 1.29 is 9.90 Å². The first kappa shape index (κ1) is 19.2. The van der Waals surface area contributed by atoms with Crippen molar-refractivity contribution in [3.05, 3.63) is 35.7 Å². The maximum Gasteiger partial charge on any atom is 0.245 e. The van der Waals surface area contributed by atoms with Gasteiger partial charge >= 0.3 is 0 Å². The second-order valence-corrected chi connectivity index (χ2v) is 7.91. The van der Waals surface area contributed by atoms with Gasteiger partial charge in [0.05, 0.1) is 6.61 Å². The predicted molar refractivity (Wildman–Crippen MR) is 104 cm³/mol. The number of anilines is 1. The molecule has 2 heterocycles. The molecular weight excluding hydrogens is 342 g/mol. The Balaban J connectivity index is 1.99. The Hall–Kier alpha value is -2.54. The smallest absolute Gasteiger partial charge is 0.245 e. The third-order valence-electron chi connectivity index (χ3n) is 4.58. The van der Waals surface area contributed by atoms with E-state index in [4.69, 9.17) is 9.97 Å². The Kier molecular flexibility index (Phi) is 5.41. The van der Waals surface area contributed by atoms with Crippen LogP contribution in [0.3, 0.4) is 0 Å². The number of fused-ring (bicyclic) bond motifs is 1. The van der Waals surface area contributed by atoms with Crippen molar-refractivity contribution in [3.8, 4) is 11.5 Å². The Morgan fingerprint density at radius 2 is 2.07 bits per heavy atom. The summed E-state index contributed by atoms with van der Waals surface area (Å²) in [5.74, 6) is 1.02. The minimum absolute atomic E-state index is 0.225. The lowest BCUT2D eigenvalue weighted by atomic mass is 10.1. The number of aliphatic hydroxyl groups excluding tert-OH is 1. The summed E-state index contributed by atoms with van der Waals surface area (Å²) < 4.78 is 0. The van der Waals surface area contributed by atoms with Crippen molar-refractivity contribution in [3.63, 3.8) is 0 Å². The van der Waals surface area contributed by atoms with Crippen LogP contribution in [-0.4, -0.2) is 51.2 Å². The fourth-order valence-corrected chi connectivity index (χ4v) is 3.30. The summed E-state index contributed by atoms with van der Waals surface area (Å²) in [6, 6.07) is 4.90. The van der Waals surface area contributed by atoms with Crippen molar-refractivity contribution in [2.45, 2.75) is 51.6 Å². The number of hydrogen-bond acceptors (Lipinski definition) is 6. The van der Waals surface area contributed by atoms with Gasteiger partial charge in [-0.3, -0.25) is 9.78 Å². The lowest BCUT2D eigenvalue weighted by molar-refractivity contribution is -0.124. The molecule has 7 heteroatoms. The summed E-state index contributed by atoms with van der Waals surface area (Å²) in [5, 5.41) is 12.8. The summed E-state index contributed by atoms with van der Waals surface area (Å²) in [6.07, 6.45) is 4.48. The van der Waals surface area contributed by atoms with Gasteiger partial charge in [-0.15, -0.1) is 0 Å². The number of aliphatic hydroxyl groups is 1. The van der Waals surface area contributed by atoms with Gasteiger partial charge in [-0.05, 0) is 52.2 Å². The number of aryl methyl sites for hydroxylation is 1. The molecule has 0 radical (unpaired) electrons. The number of nitrogens with one attached hydrogen (secondary N) is 1. The van der Waals surface area contributed by atoms with E-state index in [1.807, 2.05) is 39.0 Å². The average Bonchev–Trinajstić information content (AvgIpc) is 3.09. The van der Waals surface area contributed by atoms with E-state index in [0.29, 0.717) is 17.3 Å². The zero-order chi connectivity index (χ0) is 19.6. The Morgan fingerprint density at radius 3 is 2.70 bits per heavy atom. The van der Waals surface area contributed by atoms with Crippen LogP contribution in [0, 0.1) is 0 Å². The molecule has 0 aromatic carbocycles. The van der Waals surface area contributed by atoms with Crippen LogP contribution in [0.2, 0.25) is 0 Å². The number of likely N-dealkylation sites (N-methyl/N-ethyl adjacent to an activating group) is 1. The molecule has 2 aromatic rings. The second kappa shape index (κ2) is 7.60. The Morgan fingerprint density at radius 1 is 1.30 bits per heavy atom. The summed E-state index contributed by atoms with van der Waals surface area (Å²) in [5.41, 5.74) is 2.37. The van der Waals surface area contributed by atoms with Gasteiger partial charge in [0.15, 0.2) is 5.82 Å². The topological polar surface area (TPSA) is 91.2 Å². The van der Waals surface area contributed by atoms with Gasteiger partial charge in [-0.25, -0.2) is 9.97 Å². The number of carbonyl (C=O) groups is 1. The van der Waals surface area contributed by atoms with E-state index < -0.39 is 6.04 Å². The maximum absolute atomic E-state index is 12.7. The van der Waals surface area contributed by atoms with E-state index in [1.165, 1.54) is 0 Å². The quantitative estimate of drug-likeness (QED) is 0.834. The molecule has 0 saturated heterocycles. The molecule has 0 saturated carbocycles. The van der Waals surface area contributed by atoms with Gasteiger partial charge in [0.25, 0.3) is 0 Å². The fourth-order valence-electron chi connectivity index (χ4n) is 3.30. The van der Waals surface area contributed by atoms with Gasteiger partial charge in [-0.2, -0.15) is 0 Å². The van der Waals surface area contributed by atoms with Gasteiger partial charge < -0.3 is 15.3 Å².